The van der Waals surface area contributed by atoms with Gasteiger partial charge in [-0.05, 0) is 0 Å². The van der Waals surface area contributed by atoms with Crippen molar-refractivity contribution in [2.75, 3.05) is 0 Å². The van der Waals surface area contributed by atoms with Gasteiger partial charge >= 0.3 is 218 Å². The Morgan fingerprint density at radius 3 is 1.94 bits per heavy atom. The molecule has 2 aliphatic carbocycles. The first kappa shape index (κ1) is 26.6. The Morgan fingerprint density at radius 1 is 0.722 bits per heavy atom. The Balaban J connectivity index is 0.00000152. The number of allylic oxidation sites excluding steroid dienone is 4. The smallest absolute Gasteiger partial charge is 1.00 e. The van der Waals surface area contributed by atoms with Crippen molar-refractivity contribution in [1.29, 1.82) is 0 Å². The van der Waals surface area contributed by atoms with Crippen LogP contribution in [0.1, 0.15) is 39.8 Å². The number of benzene rings is 4. The van der Waals surface area contributed by atoms with E-state index in [4.69, 9.17) is 0 Å². The van der Waals surface area contributed by atoms with E-state index in [2.05, 4.69) is 117 Å². The summed E-state index contributed by atoms with van der Waals surface area (Å²) in [5, 5.41) is 2.78. The second-order valence-electron chi connectivity index (χ2n) is 9.20. The van der Waals surface area contributed by atoms with Crippen LogP contribution in [0.25, 0.3) is 25.6 Å². The maximum absolute atomic E-state index is 2.47. The molecule has 6 rings (SSSR count). The van der Waals surface area contributed by atoms with E-state index in [9.17, 15) is 0 Å². The van der Waals surface area contributed by atoms with Crippen molar-refractivity contribution in [3.05, 3.63) is 147 Å². The van der Waals surface area contributed by atoms with Crippen LogP contribution >= 0.6 is 0 Å². The van der Waals surface area contributed by atoms with Crippen LogP contribution in [0.2, 0.25) is 0 Å². The molecule has 0 saturated carbocycles. The topological polar surface area (TPSA) is 0 Å². The fourth-order valence-corrected chi connectivity index (χ4v) is 6.62. The molecular weight excluding hydrogens is 558 g/mol. The summed E-state index contributed by atoms with van der Waals surface area (Å²) in [6, 6.07) is 31.2. The first-order valence-electron chi connectivity index (χ1n) is 11.9. The number of fused-ring (bicyclic) bond motifs is 3. The predicted molar refractivity (Wildman–Crippen MR) is 139 cm³/mol. The summed E-state index contributed by atoms with van der Waals surface area (Å²) in [5.41, 5.74) is 13.6. The zero-order valence-electron chi connectivity index (χ0n) is 20.3. The first-order chi connectivity index (χ1) is 16.6. The summed E-state index contributed by atoms with van der Waals surface area (Å²) >= 11 is 1.48. The second-order valence-corrected chi connectivity index (χ2v) is 10.4. The molecule has 2 aliphatic rings. The summed E-state index contributed by atoms with van der Waals surface area (Å²) in [7, 11) is 0. The van der Waals surface area contributed by atoms with Crippen LogP contribution in [-0.2, 0) is 24.7 Å². The predicted octanol–water partition coefficient (Wildman–Crippen LogP) is 0.586. The average molecular weight is 584 g/mol. The summed E-state index contributed by atoms with van der Waals surface area (Å²) in [6.45, 7) is 4.53. The molecule has 3 heteroatoms. The number of hydrogen-bond donors (Lipinski definition) is 0. The summed E-state index contributed by atoms with van der Waals surface area (Å²) in [5.74, 6) is 0. The molecule has 0 nitrogen and oxygen atoms in total. The molecule has 0 atom stereocenters. The van der Waals surface area contributed by atoms with Crippen molar-refractivity contribution in [1.82, 2.24) is 0 Å². The van der Waals surface area contributed by atoms with Gasteiger partial charge in [-0.15, -0.1) is 0 Å². The fourth-order valence-electron chi connectivity index (χ4n) is 5.47. The van der Waals surface area contributed by atoms with Crippen molar-refractivity contribution in [3.8, 4) is 11.1 Å². The van der Waals surface area contributed by atoms with Crippen LogP contribution in [0.15, 0.2) is 103 Å². The molecule has 36 heavy (non-hydrogen) atoms. The van der Waals surface area contributed by atoms with Gasteiger partial charge in [-0.2, -0.15) is 0 Å². The number of aryl methyl sites for hydroxylation is 1. The SMILES string of the molecule is Cc1ccc2c(c1)[C]([Zr+2])=c1c-2cc(=C(c2ccccc2)c2ccccc2)c(C)c1C1=CC=CC1.[Cl-].[Cl-]. The Morgan fingerprint density at radius 2 is 1.36 bits per heavy atom. The van der Waals surface area contributed by atoms with E-state index in [-0.39, 0.29) is 24.8 Å². The van der Waals surface area contributed by atoms with E-state index in [1.54, 1.807) is 0 Å². The minimum atomic E-state index is 0. The van der Waals surface area contributed by atoms with Gasteiger partial charge in [0.1, 0.15) is 0 Å². The molecule has 0 aliphatic heterocycles. The third-order valence-corrected chi connectivity index (χ3v) is 8.33. The van der Waals surface area contributed by atoms with Gasteiger partial charge in [0, 0.05) is 0 Å². The van der Waals surface area contributed by atoms with E-state index in [1.807, 2.05) is 0 Å². The molecule has 4 aromatic carbocycles. The zero-order chi connectivity index (χ0) is 23.2. The maximum Gasteiger partial charge on any atom is -1.00 e. The number of hydrogen-bond acceptors (Lipinski definition) is 0. The molecule has 0 aromatic heterocycles. The van der Waals surface area contributed by atoms with Crippen LogP contribution in [0.5, 0.6) is 0 Å². The molecule has 0 fully saturated rings. The molecular formula is C33H25Cl2Zr. The molecule has 0 amide bonds. The zero-order valence-corrected chi connectivity index (χ0v) is 24.2. The van der Waals surface area contributed by atoms with Crippen LogP contribution in [0, 0.1) is 13.8 Å². The van der Waals surface area contributed by atoms with Crippen molar-refractivity contribution in [2.45, 2.75) is 20.3 Å². The van der Waals surface area contributed by atoms with Gasteiger partial charge in [0.15, 0.2) is 0 Å². The van der Waals surface area contributed by atoms with Gasteiger partial charge in [0.25, 0.3) is 0 Å². The van der Waals surface area contributed by atoms with E-state index >= 15 is 0 Å². The van der Waals surface area contributed by atoms with Gasteiger partial charge < -0.3 is 24.8 Å². The van der Waals surface area contributed by atoms with Gasteiger partial charge in [-0.1, -0.05) is 0 Å². The third-order valence-electron chi connectivity index (χ3n) is 7.06. The van der Waals surface area contributed by atoms with Gasteiger partial charge in [0.05, 0.1) is 0 Å². The van der Waals surface area contributed by atoms with Crippen LogP contribution in [-0.4, -0.2) is 0 Å². The molecule has 0 unspecified atom stereocenters. The average Bonchev–Trinajstić information content (AvgIpc) is 3.49. The molecule has 0 bridgehead atoms. The van der Waals surface area contributed by atoms with Crippen molar-refractivity contribution in [3.63, 3.8) is 0 Å². The minimum Gasteiger partial charge on any atom is -1.00 e. The Kier molecular flexibility index (Phi) is 8.06. The van der Waals surface area contributed by atoms with E-state index < -0.39 is 0 Å². The van der Waals surface area contributed by atoms with E-state index in [0.717, 1.165) is 6.42 Å². The van der Waals surface area contributed by atoms with E-state index in [0.29, 0.717) is 0 Å². The molecule has 175 valence electrons. The standard InChI is InChI=1S/C33H25.2ClH.Zr/c1-22-17-18-28-27(19-22)20-31-30(28)21-29(23(2)32(31)24-15-9-10-16-24)33(25-11-5-3-6-12-25)26-13-7-4-8-14-26;;;/h3-15,17-19,21H,16H2,1-2H3;2*1H;/q;;;+2/p-2. The minimum absolute atomic E-state index is 0. The monoisotopic (exact) mass is 581 g/mol. The van der Waals surface area contributed by atoms with Gasteiger partial charge in [-0.3, -0.25) is 0 Å². The van der Waals surface area contributed by atoms with Crippen LogP contribution < -0.4 is 35.3 Å². The van der Waals surface area contributed by atoms with Crippen molar-refractivity contribution in [2.24, 2.45) is 0 Å². The molecule has 0 N–H and O–H groups in total. The van der Waals surface area contributed by atoms with Crippen LogP contribution in [0.4, 0.5) is 0 Å². The van der Waals surface area contributed by atoms with Crippen molar-refractivity contribution < 1.29 is 49.5 Å². The Bertz CT molecular complexity index is 1590. The summed E-state index contributed by atoms with van der Waals surface area (Å²) < 4.78 is 1.49. The van der Waals surface area contributed by atoms with Crippen molar-refractivity contribution >= 4 is 14.4 Å². The normalized spacial score (nSPS) is 12.9. The summed E-state index contributed by atoms with van der Waals surface area (Å²) in [6.07, 6.45) is 7.81. The second kappa shape index (κ2) is 10.9. The van der Waals surface area contributed by atoms with Gasteiger partial charge in [0.2, 0.25) is 0 Å². The third kappa shape index (κ3) is 4.43. The largest absolute Gasteiger partial charge is 1.00 e. The first-order valence-corrected chi connectivity index (χ1v) is 13.1. The summed E-state index contributed by atoms with van der Waals surface area (Å²) in [4.78, 5) is 0. The molecule has 0 saturated heterocycles. The number of rotatable bonds is 3. The molecule has 4 aromatic rings. The molecule has 0 heterocycles. The maximum atomic E-state index is 2.47. The Hall–Kier alpha value is -2.44. The van der Waals surface area contributed by atoms with E-state index in [1.165, 1.54) is 94.1 Å². The molecule has 0 radical (unpaired) electrons. The fraction of sp³-hybridized carbons (Fsp3) is 0.0909. The van der Waals surface area contributed by atoms with Gasteiger partial charge in [-0.25, -0.2) is 0 Å². The quantitative estimate of drug-likeness (QED) is 0.332. The molecule has 0 spiro atoms. The Labute approximate surface area is 240 Å². The number of halogens is 2. The van der Waals surface area contributed by atoms with Crippen LogP contribution in [0.3, 0.4) is 0 Å².